The summed E-state index contributed by atoms with van der Waals surface area (Å²) < 4.78 is 4.81. The lowest BCUT2D eigenvalue weighted by Gasteiger charge is -2.17. The van der Waals surface area contributed by atoms with Crippen molar-refractivity contribution in [1.29, 1.82) is 0 Å². The number of nitrogens with zero attached hydrogens (tertiary/aromatic N) is 4. The molecule has 2 N–H and O–H groups in total. The van der Waals surface area contributed by atoms with Gasteiger partial charge in [0.1, 0.15) is 0 Å². The summed E-state index contributed by atoms with van der Waals surface area (Å²) in [5.74, 6) is -0.230. The fraction of sp³-hybridized carbons (Fsp3) is 0.200. The molecule has 3 heterocycles. The molecule has 5 aromatic rings. The molecule has 0 aliphatic rings. The molecular formula is C25H24N6O2S. The van der Waals surface area contributed by atoms with Crippen molar-refractivity contribution in [2.24, 2.45) is 7.05 Å². The van der Waals surface area contributed by atoms with E-state index >= 15 is 0 Å². The van der Waals surface area contributed by atoms with Gasteiger partial charge in [0.25, 0.3) is 11.8 Å². The van der Waals surface area contributed by atoms with E-state index < -0.39 is 0 Å². The summed E-state index contributed by atoms with van der Waals surface area (Å²) in [5.41, 5.74) is 4.96. The normalized spacial score (nSPS) is 12.2. The van der Waals surface area contributed by atoms with Gasteiger partial charge in [-0.15, -0.1) is 0 Å². The van der Waals surface area contributed by atoms with Crippen molar-refractivity contribution in [2.45, 2.75) is 19.4 Å². The number of imidazole rings is 1. The number of nitrogens with one attached hydrogen (secondary N) is 2. The first-order chi connectivity index (χ1) is 16.5. The predicted molar refractivity (Wildman–Crippen MR) is 133 cm³/mol. The van der Waals surface area contributed by atoms with Gasteiger partial charge in [-0.25, -0.2) is 4.98 Å². The third-order valence-electron chi connectivity index (χ3n) is 5.96. The van der Waals surface area contributed by atoms with Crippen LogP contribution in [0, 0.1) is 0 Å². The van der Waals surface area contributed by atoms with Gasteiger partial charge < -0.3 is 10.6 Å². The quantitative estimate of drug-likeness (QED) is 0.388. The summed E-state index contributed by atoms with van der Waals surface area (Å²) in [6, 6.07) is 14.9. The number of hydrogen-bond donors (Lipinski definition) is 2. The minimum atomic E-state index is -0.117. The van der Waals surface area contributed by atoms with Crippen LogP contribution in [0.25, 0.3) is 26.4 Å². The number of carbonyl (C=O) groups excluding carboxylic acids is 2. The molecule has 9 heteroatoms. The lowest BCUT2D eigenvalue weighted by molar-refractivity contribution is 0.0932. The lowest BCUT2D eigenvalue weighted by atomic mass is 10.1. The van der Waals surface area contributed by atoms with E-state index in [2.05, 4.69) is 15.7 Å². The van der Waals surface area contributed by atoms with E-state index in [0.717, 1.165) is 38.5 Å². The molecule has 0 fully saturated rings. The third kappa shape index (κ3) is 3.84. The molecule has 0 aliphatic heterocycles. The Morgan fingerprint density at radius 3 is 2.50 bits per heavy atom. The van der Waals surface area contributed by atoms with Gasteiger partial charge >= 0.3 is 0 Å². The minimum absolute atomic E-state index is 0.103. The number of hydrogen-bond acceptors (Lipinski definition) is 5. The van der Waals surface area contributed by atoms with E-state index in [4.69, 9.17) is 4.98 Å². The van der Waals surface area contributed by atoms with Crippen LogP contribution in [-0.2, 0) is 7.05 Å². The van der Waals surface area contributed by atoms with E-state index in [-0.39, 0.29) is 17.9 Å². The number of fused-ring (bicyclic) bond motifs is 3. The number of benzene rings is 2. The Hall–Kier alpha value is -3.98. The van der Waals surface area contributed by atoms with Gasteiger partial charge in [0.05, 0.1) is 27.6 Å². The van der Waals surface area contributed by atoms with E-state index in [1.54, 1.807) is 30.1 Å². The summed E-state index contributed by atoms with van der Waals surface area (Å²) in [5, 5.41) is 9.95. The molecule has 0 bridgehead atoms. The molecule has 0 saturated carbocycles. The van der Waals surface area contributed by atoms with Crippen molar-refractivity contribution in [3.63, 3.8) is 0 Å². The zero-order chi connectivity index (χ0) is 23.8. The molecule has 3 aromatic heterocycles. The maximum absolute atomic E-state index is 13.0. The summed E-state index contributed by atoms with van der Waals surface area (Å²) in [4.78, 5) is 30.4. The van der Waals surface area contributed by atoms with Crippen LogP contribution in [-0.4, -0.2) is 38.0 Å². The van der Waals surface area contributed by atoms with Crippen molar-refractivity contribution in [1.82, 2.24) is 29.8 Å². The number of carbonyl (C=O) groups is 2. The maximum atomic E-state index is 13.0. The van der Waals surface area contributed by atoms with E-state index in [1.165, 1.54) is 11.3 Å². The number of aromatic nitrogens is 4. The monoisotopic (exact) mass is 472 g/mol. The zero-order valence-electron chi connectivity index (χ0n) is 19.1. The summed E-state index contributed by atoms with van der Waals surface area (Å²) in [7, 11) is 3.49. The summed E-state index contributed by atoms with van der Waals surface area (Å²) >= 11 is 1.54. The van der Waals surface area contributed by atoms with Gasteiger partial charge in [-0.1, -0.05) is 30.4 Å². The van der Waals surface area contributed by atoms with Crippen molar-refractivity contribution < 1.29 is 9.59 Å². The SMILES string of the molecule is CC[C@H](NC(=O)c1ccc2c(c1)sc1nc(-c3ccc(C(=O)NC)cc3)cn12)c1ccnn1C. The number of aryl methyl sites for hydroxylation is 1. The van der Waals surface area contributed by atoms with E-state index in [0.29, 0.717) is 11.1 Å². The molecule has 0 spiro atoms. The molecule has 0 unspecified atom stereocenters. The highest BCUT2D eigenvalue weighted by molar-refractivity contribution is 7.23. The second kappa shape index (κ2) is 8.75. The molecular weight excluding hydrogens is 448 g/mol. The van der Waals surface area contributed by atoms with Crippen molar-refractivity contribution in [3.05, 3.63) is 77.7 Å². The number of rotatable bonds is 6. The molecule has 0 radical (unpaired) electrons. The Bertz CT molecular complexity index is 1510. The van der Waals surface area contributed by atoms with Crippen LogP contribution in [0.15, 0.2) is 60.9 Å². The smallest absolute Gasteiger partial charge is 0.251 e. The standard InChI is InChI=1S/C25H24N6O2S/c1-4-18(20-11-12-27-30(20)3)28-24(33)17-9-10-21-22(13-17)34-25-29-19(14-31(21)25)15-5-7-16(8-6-15)23(32)26-2/h5-14,18H,4H2,1-3H3,(H,26,32)(H,28,33)/t18-/m0/s1. The maximum Gasteiger partial charge on any atom is 0.251 e. The molecule has 0 aliphatic carbocycles. The molecule has 34 heavy (non-hydrogen) atoms. The van der Waals surface area contributed by atoms with Gasteiger partial charge in [0, 0.05) is 43.2 Å². The molecule has 2 aromatic carbocycles. The predicted octanol–water partition coefficient (Wildman–Crippen LogP) is 4.19. The molecule has 172 valence electrons. The van der Waals surface area contributed by atoms with Crippen LogP contribution in [0.3, 0.4) is 0 Å². The van der Waals surface area contributed by atoms with Gasteiger partial charge in [0.15, 0.2) is 4.96 Å². The van der Waals surface area contributed by atoms with Gasteiger partial charge in [-0.3, -0.25) is 18.7 Å². The number of thiazole rings is 1. The summed E-state index contributed by atoms with van der Waals surface area (Å²) in [6.07, 6.45) is 4.49. The van der Waals surface area contributed by atoms with Crippen molar-refractivity contribution in [2.75, 3.05) is 7.05 Å². The molecule has 8 nitrogen and oxygen atoms in total. The van der Waals surface area contributed by atoms with Crippen LogP contribution in [0.4, 0.5) is 0 Å². The fourth-order valence-electron chi connectivity index (χ4n) is 4.07. The Kier molecular flexibility index (Phi) is 5.62. The fourth-order valence-corrected chi connectivity index (χ4v) is 5.12. The number of amides is 2. The summed E-state index contributed by atoms with van der Waals surface area (Å²) in [6.45, 7) is 2.04. The minimum Gasteiger partial charge on any atom is -0.355 e. The zero-order valence-corrected chi connectivity index (χ0v) is 19.9. The Labute approximate surface area is 200 Å². The Morgan fingerprint density at radius 2 is 1.82 bits per heavy atom. The first-order valence-corrected chi connectivity index (χ1v) is 11.8. The largest absolute Gasteiger partial charge is 0.355 e. The van der Waals surface area contributed by atoms with Crippen LogP contribution >= 0.6 is 11.3 Å². The topological polar surface area (TPSA) is 93.3 Å². The highest BCUT2D eigenvalue weighted by Gasteiger charge is 2.18. The molecule has 1 atom stereocenters. The second-order valence-electron chi connectivity index (χ2n) is 8.03. The Balaban J connectivity index is 1.40. The van der Waals surface area contributed by atoms with Gasteiger partial charge in [0.2, 0.25) is 0 Å². The average Bonchev–Trinajstić information content (AvgIpc) is 3.56. The molecule has 5 rings (SSSR count). The first kappa shape index (κ1) is 21.8. The van der Waals surface area contributed by atoms with Crippen molar-refractivity contribution >= 4 is 38.3 Å². The van der Waals surface area contributed by atoms with Crippen molar-refractivity contribution in [3.8, 4) is 11.3 Å². The highest BCUT2D eigenvalue weighted by Crippen LogP contribution is 2.30. The van der Waals surface area contributed by atoms with Gasteiger partial charge in [-0.05, 0) is 42.8 Å². The third-order valence-corrected chi connectivity index (χ3v) is 6.97. The van der Waals surface area contributed by atoms with Crippen LogP contribution in [0.1, 0.15) is 45.8 Å². The van der Waals surface area contributed by atoms with Crippen LogP contribution in [0.2, 0.25) is 0 Å². The second-order valence-corrected chi connectivity index (χ2v) is 9.04. The van der Waals surface area contributed by atoms with Crippen LogP contribution in [0.5, 0.6) is 0 Å². The van der Waals surface area contributed by atoms with Crippen LogP contribution < -0.4 is 10.6 Å². The highest BCUT2D eigenvalue weighted by atomic mass is 32.1. The lowest BCUT2D eigenvalue weighted by Crippen LogP contribution is -2.29. The van der Waals surface area contributed by atoms with E-state index in [9.17, 15) is 9.59 Å². The molecule has 2 amide bonds. The first-order valence-electron chi connectivity index (χ1n) is 11.0. The Morgan fingerprint density at radius 1 is 1.06 bits per heavy atom. The van der Waals surface area contributed by atoms with E-state index in [1.807, 2.05) is 61.0 Å². The van der Waals surface area contributed by atoms with Gasteiger partial charge in [-0.2, -0.15) is 5.10 Å². The molecule has 0 saturated heterocycles. The average molecular weight is 473 g/mol.